The molecule has 1 heterocycles. The van der Waals surface area contributed by atoms with Crippen LogP contribution in [-0.2, 0) is 0 Å². The van der Waals surface area contributed by atoms with Crippen LogP contribution in [0.4, 0.5) is 10.5 Å². The summed E-state index contributed by atoms with van der Waals surface area (Å²) < 4.78 is 8.00. The van der Waals surface area contributed by atoms with Crippen LogP contribution in [0.25, 0.3) is 0 Å². The van der Waals surface area contributed by atoms with Gasteiger partial charge in [-0.15, -0.1) is 0 Å². The van der Waals surface area contributed by atoms with Gasteiger partial charge in [-0.25, -0.2) is 9.79 Å². The Kier molecular flexibility index (Phi) is 11.3. The molecule has 1 aromatic heterocycles. The molecule has 0 saturated heterocycles. The SMILES string of the molecule is Cc1ccc(N=C(C=C(N)C(C)(C)C)NC(=O)NC2CC[C@@H](Oc3ccc(=N)n(C(=N)N(C)CCN(C)C)c3)c3ccccc32)cc1. The number of nitrogens with one attached hydrogen (secondary N) is 4. The van der Waals surface area contributed by atoms with Gasteiger partial charge in [0.2, 0.25) is 5.96 Å². The van der Waals surface area contributed by atoms with Gasteiger partial charge in [-0.2, -0.15) is 0 Å². The third-order valence-corrected chi connectivity index (χ3v) is 8.10. The van der Waals surface area contributed by atoms with E-state index in [1.807, 2.05) is 102 Å². The lowest BCUT2D eigenvalue weighted by molar-refractivity contribution is 0.171. The molecule has 11 nitrogen and oxygen atoms in total. The number of hydrogen-bond donors (Lipinski definition) is 5. The van der Waals surface area contributed by atoms with E-state index in [1.54, 1.807) is 24.4 Å². The molecule has 1 aliphatic carbocycles. The average molecular weight is 640 g/mol. The molecule has 11 heteroatoms. The van der Waals surface area contributed by atoms with Crippen molar-refractivity contribution in [1.82, 2.24) is 25.0 Å². The van der Waals surface area contributed by atoms with E-state index in [9.17, 15) is 4.79 Å². The van der Waals surface area contributed by atoms with Crippen molar-refractivity contribution in [3.8, 4) is 5.75 Å². The smallest absolute Gasteiger partial charge is 0.320 e. The number of amides is 2. The van der Waals surface area contributed by atoms with E-state index >= 15 is 0 Å². The van der Waals surface area contributed by atoms with Gasteiger partial charge in [-0.1, -0.05) is 62.7 Å². The van der Waals surface area contributed by atoms with E-state index in [4.69, 9.17) is 21.3 Å². The molecule has 6 N–H and O–H groups in total. The Bertz CT molecular complexity index is 1680. The molecule has 2 atom stereocenters. The summed E-state index contributed by atoms with van der Waals surface area (Å²) in [4.78, 5) is 21.9. The lowest BCUT2D eigenvalue weighted by atomic mass is 9.85. The van der Waals surface area contributed by atoms with Crippen LogP contribution < -0.4 is 26.6 Å². The molecule has 4 rings (SSSR count). The lowest BCUT2D eigenvalue weighted by Gasteiger charge is -2.32. The Balaban J connectivity index is 1.51. The molecule has 47 heavy (non-hydrogen) atoms. The summed E-state index contributed by atoms with van der Waals surface area (Å²) in [5.41, 5.74) is 10.7. The van der Waals surface area contributed by atoms with Crippen molar-refractivity contribution in [3.63, 3.8) is 0 Å². The maximum Gasteiger partial charge on any atom is 0.320 e. The van der Waals surface area contributed by atoms with E-state index in [-0.39, 0.29) is 35.0 Å². The van der Waals surface area contributed by atoms with E-state index in [0.29, 0.717) is 42.4 Å². The number of likely N-dealkylation sites (N-methyl/N-ethyl adjacent to an activating group) is 2. The predicted octanol–water partition coefficient (Wildman–Crippen LogP) is 5.43. The Morgan fingerprint density at radius 1 is 1.04 bits per heavy atom. The zero-order valence-electron chi connectivity index (χ0n) is 28.6. The van der Waals surface area contributed by atoms with Crippen LogP contribution in [0.15, 0.2) is 83.6 Å². The molecule has 0 bridgehead atoms. The molecule has 0 radical (unpaired) electrons. The van der Waals surface area contributed by atoms with Crippen molar-refractivity contribution >= 4 is 23.5 Å². The number of carbonyl (C=O) groups is 1. The van der Waals surface area contributed by atoms with Crippen LogP contribution in [0.1, 0.15) is 62.4 Å². The van der Waals surface area contributed by atoms with Crippen molar-refractivity contribution < 1.29 is 9.53 Å². The molecular weight excluding hydrogens is 590 g/mol. The summed E-state index contributed by atoms with van der Waals surface area (Å²) in [5.74, 6) is 1.12. The summed E-state index contributed by atoms with van der Waals surface area (Å²) in [6, 6.07) is 18.5. The number of nitrogens with zero attached hydrogens (tertiary/aromatic N) is 4. The number of carbonyl (C=O) groups excluding carboxylic acids is 1. The Morgan fingerprint density at radius 2 is 1.72 bits per heavy atom. The third kappa shape index (κ3) is 9.55. The topological polar surface area (TPSA) is 148 Å². The normalized spacial score (nSPS) is 16.8. The highest BCUT2D eigenvalue weighted by Gasteiger charge is 2.30. The van der Waals surface area contributed by atoms with Gasteiger partial charge in [0.25, 0.3) is 0 Å². The molecule has 2 amide bonds. The molecule has 0 fully saturated rings. The number of hydrogen-bond acceptors (Lipinski definition) is 7. The number of aromatic nitrogens is 1. The quantitative estimate of drug-likeness (QED) is 0.165. The summed E-state index contributed by atoms with van der Waals surface area (Å²) in [6.45, 7) is 9.48. The fourth-order valence-corrected chi connectivity index (χ4v) is 5.08. The lowest BCUT2D eigenvalue weighted by Crippen LogP contribution is -2.42. The fourth-order valence-electron chi connectivity index (χ4n) is 5.08. The highest BCUT2D eigenvalue weighted by atomic mass is 16.5. The molecule has 0 aliphatic heterocycles. The average Bonchev–Trinajstić information content (AvgIpc) is 3.02. The van der Waals surface area contributed by atoms with Crippen molar-refractivity contribution in [3.05, 3.63) is 101 Å². The van der Waals surface area contributed by atoms with Gasteiger partial charge in [0.1, 0.15) is 23.2 Å². The predicted molar refractivity (Wildman–Crippen MR) is 188 cm³/mol. The van der Waals surface area contributed by atoms with E-state index in [0.717, 1.165) is 23.2 Å². The maximum absolute atomic E-state index is 13.4. The fraction of sp³-hybridized carbons (Fsp3) is 0.389. The maximum atomic E-state index is 13.4. The number of benzene rings is 2. The number of aliphatic imine (C=N–C) groups is 1. The van der Waals surface area contributed by atoms with Crippen LogP contribution in [0, 0.1) is 23.2 Å². The number of fused-ring (bicyclic) bond motifs is 1. The highest BCUT2D eigenvalue weighted by Crippen LogP contribution is 2.38. The molecule has 1 unspecified atom stereocenters. The van der Waals surface area contributed by atoms with Crippen LogP contribution in [0.3, 0.4) is 0 Å². The number of nitrogens with two attached hydrogens (primary N) is 1. The second-order valence-corrected chi connectivity index (χ2v) is 13.3. The van der Waals surface area contributed by atoms with Gasteiger partial charge in [0.05, 0.1) is 17.9 Å². The summed E-state index contributed by atoms with van der Waals surface area (Å²) in [5, 5.41) is 23.1. The minimum atomic E-state index is -0.378. The third-order valence-electron chi connectivity index (χ3n) is 8.10. The number of pyridine rings is 1. The first-order valence-corrected chi connectivity index (χ1v) is 15.9. The monoisotopic (exact) mass is 639 g/mol. The first-order valence-electron chi connectivity index (χ1n) is 15.9. The van der Waals surface area contributed by atoms with Gasteiger partial charge in [0.15, 0.2) is 0 Å². The molecular formula is C36H49N9O2. The minimum Gasteiger partial charge on any atom is -0.484 e. The highest BCUT2D eigenvalue weighted by molar-refractivity contribution is 6.05. The number of urea groups is 1. The van der Waals surface area contributed by atoms with Crippen LogP contribution in [0.5, 0.6) is 5.75 Å². The van der Waals surface area contributed by atoms with Crippen LogP contribution >= 0.6 is 0 Å². The van der Waals surface area contributed by atoms with E-state index in [2.05, 4.69) is 20.5 Å². The van der Waals surface area contributed by atoms with Crippen LogP contribution in [-0.4, -0.2) is 66.4 Å². The Labute approximate surface area is 278 Å². The van der Waals surface area contributed by atoms with Crippen molar-refractivity contribution in [2.75, 3.05) is 34.2 Å². The van der Waals surface area contributed by atoms with Crippen molar-refractivity contribution in [1.29, 1.82) is 10.8 Å². The number of allylic oxidation sites excluding steroid dienone is 1. The van der Waals surface area contributed by atoms with E-state index < -0.39 is 0 Å². The molecule has 250 valence electrons. The second kappa shape index (κ2) is 15.1. The first kappa shape index (κ1) is 35.0. The van der Waals surface area contributed by atoms with E-state index in [1.165, 1.54) is 4.57 Å². The second-order valence-electron chi connectivity index (χ2n) is 13.3. The standard InChI is InChI=1S/C36H49N9O2/c1-24-12-14-25(15-13-24)40-33(22-31(37)36(2,3)4)42-35(46)41-29-17-18-30(28-11-9-8-10-27(28)29)47-26-16-19-32(38)45(23-26)34(39)44(7)21-20-43(5)6/h8-16,19,22-23,29-30,38-39H,17-18,20-21,37H2,1-7H3,(H2,40,41,42,46)/t29?,30-/m1/s1. The van der Waals surface area contributed by atoms with Gasteiger partial charge < -0.3 is 25.6 Å². The summed E-state index contributed by atoms with van der Waals surface area (Å²) in [7, 11) is 5.83. The van der Waals surface area contributed by atoms with Crippen LogP contribution in [0.2, 0.25) is 0 Å². The Morgan fingerprint density at radius 3 is 2.38 bits per heavy atom. The summed E-state index contributed by atoms with van der Waals surface area (Å²) >= 11 is 0. The van der Waals surface area contributed by atoms with Crippen molar-refractivity contribution in [2.45, 2.75) is 52.7 Å². The van der Waals surface area contributed by atoms with Gasteiger partial charge in [-0.3, -0.25) is 20.7 Å². The molecule has 0 saturated carbocycles. The first-order chi connectivity index (χ1) is 22.2. The number of aryl methyl sites for hydroxylation is 1. The molecule has 3 aromatic rings. The molecule has 1 aliphatic rings. The number of rotatable bonds is 8. The molecule has 2 aromatic carbocycles. The Hall–Kier alpha value is -4.90. The largest absolute Gasteiger partial charge is 0.484 e. The zero-order chi connectivity index (χ0) is 34.3. The zero-order valence-corrected chi connectivity index (χ0v) is 28.6. The van der Waals surface area contributed by atoms with Gasteiger partial charge in [0, 0.05) is 37.3 Å². The summed E-state index contributed by atoms with van der Waals surface area (Å²) in [6.07, 6.45) is 4.46. The van der Waals surface area contributed by atoms with Crippen molar-refractivity contribution in [2.24, 2.45) is 16.1 Å². The van der Waals surface area contributed by atoms with Gasteiger partial charge in [-0.05, 0) is 69.3 Å². The molecule has 0 spiro atoms. The van der Waals surface area contributed by atoms with Gasteiger partial charge >= 0.3 is 6.03 Å². The number of ether oxygens (including phenoxy) is 1. The number of amidine groups is 1. The minimum absolute atomic E-state index is 0.197.